The number of pyridine rings is 1. The molecule has 1 aromatic heterocycles. The van der Waals surface area contributed by atoms with Gasteiger partial charge in [-0.1, -0.05) is 23.7 Å². The molecule has 3 rings (SSSR count). The monoisotopic (exact) mass is 366 g/mol. The predicted molar refractivity (Wildman–Crippen MR) is 81.7 cm³/mol. The second kappa shape index (κ2) is 5.20. The summed E-state index contributed by atoms with van der Waals surface area (Å²) in [6.07, 6.45) is 2.47. The number of carbonyl (C=O) groups excluding carboxylic acids is 1. The number of nitrogens with zero attached hydrogens (tertiary/aromatic N) is 2. The van der Waals surface area contributed by atoms with E-state index in [2.05, 4.69) is 20.9 Å². The highest BCUT2D eigenvalue weighted by Crippen LogP contribution is 2.39. The minimum absolute atomic E-state index is 0.0525. The van der Waals surface area contributed by atoms with Gasteiger partial charge in [0.1, 0.15) is 5.69 Å². The van der Waals surface area contributed by atoms with Crippen LogP contribution in [0.25, 0.3) is 11.3 Å². The molecule has 0 saturated carbocycles. The van der Waals surface area contributed by atoms with E-state index in [-0.39, 0.29) is 17.2 Å². The Bertz CT molecular complexity index is 792. The van der Waals surface area contributed by atoms with Crippen LogP contribution < -0.4 is 0 Å². The SMILES string of the molecule is O=C1CCc2c1ccc(-c1ncc(Br)cc1[N+](=O)[O-])c2Cl. The molecule has 106 valence electrons. The van der Waals surface area contributed by atoms with Crippen LogP contribution in [0.5, 0.6) is 0 Å². The quantitative estimate of drug-likeness (QED) is 0.589. The van der Waals surface area contributed by atoms with Crippen LogP contribution in [0, 0.1) is 10.1 Å². The summed E-state index contributed by atoms with van der Waals surface area (Å²) in [5.41, 5.74) is 1.90. The summed E-state index contributed by atoms with van der Waals surface area (Å²) in [6, 6.07) is 4.67. The zero-order chi connectivity index (χ0) is 15.1. The molecule has 1 aliphatic carbocycles. The molecule has 1 aliphatic rings. The maximum atomic E-state index is 11.7. The lowest BCUT2D eigenvalue weighted by atomic mass is 10.0. The predicted octanol–water partition coefficient (Wildman–Crippen LogP) is 4.20. The zero-order valence-electron chi connectivity index (χ0n) is 10.6. The first-order valence-corrected chi connectivity index (χ1v) is 7.31. The number of Topliss-reactive ketones (excluding diaryl/α,β-unsaturated/α-hetero) is 1. The Morgan fingerprint density at radius 3 is 2.71 bits per heavy atom. The first-order chi connectivity index (χ1) is 9.99. The molecule has 1 aromatic carbocycles. The van der Waals surface area contributed by atoms with Crippen molar-refractivity contribution < 1.29 is 9.72 Å². The molecule has 0 saturated heterocycles. The zero-order valence-corrected chi connectivity index (χ0v) is 12.9. The van der Waals surface area contributed by atoms with Crippen molar-refractivity contribution in [2.24, 2.45) is 0 Å². The number of hydrogen-bond acceptors (Lipinski definition) is 4. The van der Waals surface area contributed by atoms with Crippen LogP contribution in [0.15, 0.2) is 28.9 Å². The third kappa shape index (κ3) is 2.34. The number of fused-ring (bicyclic) bond motifs is 1. The van der Waals surface area contributed by atoms with Crippen molar-refractivity contribution in [3.8, 4) is 11.3 Å². The van der Waals surface area contributed by atoms with E-state index in [1.54, 1.807) is 12.1 Å². The Balaban J connectivity index is 2.23. The van der Waals surface area contributed by atoms with Crippen LogP contribution >= 0.6 is 27.5 Å². The van der Waals surface area contributed by atoms with Crippen LogP contribution in [0.2, 0.25) is 5.02 Å². The number of aromatic nitrogens is 1. The lowest BCUT2D eigenvalue weighted by Gasteiger charge is -2.08. The lowest BCUT2D eigenvalue weighted by molar-refractivity contribution is -0.384. The van der Waals surface area contributed by atoms with Crippen molar-refractivity contribution in [3.63, 3.8) is 0 Å². The molecule has 2 aromatic rings. The summed E-state index contributed by atoms with van der Waals surface area (Å²) < 4.78 is 0.519. The number of carbonyl (C=O) groups is 1. The smallest absolute Gasteiger partial charge is 0.294 e. The van der Waals surface area contributed by atoms with Crippen molar-refractivity contribution >= 4 is 39.0 Å². The largest absolute Gasteiger partial charge is 0.296 e. The Morgan fingerprint density at radius 2 is 2.00 bits per heavy atom. The van der Waals surface area contributed by atoms with Gasteiger partial charge in [0, 0.05) is 34.3 Å². The molecular formula is C14H8BrClN2O3. The van der Waals surface area contributed by atoms with Gasteiger partial charge < -0.3 is 0 Å². The fraction of sp³-hybridized carbons (Fsp3) is 0.143. The summed E-state index contributed by atoms with van der Waals surface area (Å²) in [5.74, 6) is 0.0525. The Kier molecular flexibility index (Phi) is 3.51. The van der Waals surface area contributed by atoms with Gasteiger partial charge in [-0.15, -0.1) is 0 Å². The van der Waals surface area contributed by atoms with Gasteiger partial charge in [0.05, 0.1) is 9.95 Å². The van der Waals surface area contributed by atoms with Gasteiger partial charge in [-0.05, 0) is 27.9 Å². The summed E-state index contributed by atoms with van der Waals surface area (Å²) in [6.45, 7) is 0. The fourth-order valence-corrected chi connectivity index (χ4v) is 3.13. The van der Waals surface area contributed by atoms with E-state index >= 15 is 0 Å². The Hall–Kier alpha value is -1.79. The minimum Gasteiger partial charge on any atom is -0.294 e. The van der Waals surface area contributed by atoms with Gasteiger partial charge in [-0.2, -0.15) is 0 Å². The van der Waals surface area contributed by atoms with Crippen LogP contribution in [0.3, 0.4) is 0 Å². The first-order valence-electron chi connectivity index (χ1n) is 6.14. The third-order valence-corrected chi connectivity index (χ3v) is 4.30. The molecule has 21 heavy (non-hydrogen) atoms. The number of benzene rings is 1. The van der Waals surface area contributed by atoms with E-state index in [1.807, 2.05) is 0 Å². The van der Waals surface area contributed by atoms with E-state index in [9.17, 15) is 14.9 Å². The van der Waals surface area contributed by atoms with Crippen molar-refractivity contribution in [2.45, 2.75) is 12.8 Å². The van der Waals surface area contributed by atoms with Gasteiger partial charge >= 0.3 is 0 Å². The van der Waals surface area contributed by atoms with Crippen molar-refractivity contribution in [3.05, 3.63) is 55.1 Å². The fourth-order valence-electron chi connectivity index (χ4n) is 2.46. The highest BCUT2D eigenvalue weighted by atomic mass is 79.9. The van der Waals surface area contributed by atoms with Crippen molar-refractivity contribution in [1.82, 2.24) is 4.98 Å². The lowest BCUT2D eigenvalue weighted by Crippen LogP contribution is -1.98. The number of halogens is 2. The maximum absolute atomic E-state index is 11.7. The summed E-state index contributed by atoms with van der Waals surface area (Å²) in [5, 5.41) is 11.6. The van der Waals surface area contributed by atoms with Crippen LogP contribution in [0.1, 0.15) is 22.3 Å². The molecule has 0 radical (unpaired) electrons. The van der Waals surface area contributed by atoms with Gasteiger partial charge in [-0.25, -0.2) is 4.98 Å². The number of nitro groups is 1. The molecular weight excluding hydrogens is 360 g/mol. The van der Waals surface area contributed by atoms with Crippen molar-refractivity contribution in [1.29, 1.82) is 0 Å². The molecule has 5 nitrogen and oxygen atoms in total. The van der Waals surface area contributed by atoms with E-state index in [0.29, 0.717) is 33.5 Å². The van der Waals surface area contributed by atoms with E-state index in [4.69, 9.17) is 11.6 Å². The molecule has 1 heterocycles. The van der Waals surface area contributed by atoms with Gasteiger partial charge in [0.15, 0.2) is 5.78 Å². The van der Waals surface area contributed by atoms with Gasteiger partial charge in [0.25, 0.3) is 5.69 Å². The van der Waals surface area contributed by atoms with Crippen LogP contribution in [0.4, 0.5) is 5.69 Å². The summed E-state index contributed by atoms with van der Waals surface area (Å²) in [4.78, 5) is 26.5. The molecule has 7 heteroatoms. The molecule has 0 amide bonds. The molecule has 0 aliphatic heterocycles. The maximum Gasteiger partial charge on any atom is 0.296 e. The van der Waals surface area contributed by atoms with E-state index < -0.39 is 4.92 Å². The summed E-state index contributed by atoms with van der Waals surface area (Å²) in [7, 11) is 0. The molecule has 0 atom stereocenters. The van der Waals surface area contributed by atoms with E-state index in [1.165, 1.54) is 12.3 Å². The number of ketones is 1. The van der Waals surface area contributed by atoms with Gasteiger partial charge in [0.2, 0.25) is 0 Å². The molecule has 0 bridgehead atoms. The van der Waals surface area contributed by atoms with Crippen molar-refractivity contribution in [2.75, 3.05) is 0 Å². The second-order valence-electron chi connectivity index (χ2n) is 4.65. The van der Waals surface area contributed by atoms with Crippen LogP contribution in [-0.4, -0.2) is 15.7 Å². The van der Waals surface area contributed by atoms with Gasteiger partial charge in [-0.3, -0.25) is 14.9 Å². The topological polar surface area (TPSA) is 73.1 Å². The Morgan fingerprint density at radius 1 is 1.29 bits per heavy atom. The highest BCUT2D eigenvalue weighted by Gasteiger charge is 2.26. The Labute approximate surface area is 133 Å². The van der Waals surface area contributed by atoms with E-state index in [0.717, 1.165) is 5.56 Å². The molecule has 0 fully saturated rings. The molecule has 0 spiro atoms. The minimum atomic E-state index is -0.498. The normalized spacial score (nSPS) is 13.3. The molecule has 0 N–H and O–H groups in total. The molecule has 0 unspecified atom stereocenters. The third-order valence-electron chi connectivity index (χ3n) is 3.43. The standard InChI is InChI=1S/C14H8BrClN2O3/c15-7-5-11(18(20)21)14(17-6-7)10-2-1-8-9(13(10)16)3-4-12(8)19/h1-2,5-6H,3-4H2. The number of rotatable bonds is 2. The summed E-state index contributed by atoms with van der Waals surface area (Å²) >= 11 is 9.51. The second-order valence-corrected chi connectivity index (χ2v) is 5.95. The number of hydrogen-bond donors (Lipinski definition) is 0. The average Bonchev–Trinajstić information content (AvgIpc) is 2.82. The first kappa shape index (κ1) is 14.2. The highest BCUT2D eigenvalue weighted by molar-refractivity contribution is 9.10. The average molecular weight is 368 g/mol. The van der Waals surface area contributed by atoms with Crippen LogP contribution in [-0.2, 0) is 6.42 Å².